The van der Waals surface area contributed by atoms with Crippen LogP contribution in [0.15, 0.2) is 0 Å². The van der Waals surface area contributed by atoms with Crippen LogP contribution in [0.5, 0.6) is 0 Å². The van der Waals surface area contributed by atoms with E-state index in [0.29, 0.717) is 18.1 Å². The number of fused-ring (bicyclic) bond motifs is 2. The number of nitrogens with one attached hydrogen (secondary N) is 1. The zero-order valence-corrected chi connectivity index (χ0v) is 10.9. The Labute approximate surface area is 98.9 Å². The highest BCUT2D eigenvalue weighted by atomic mass is 32.2. The number of hydrogen-bond acceptors (Lipinski definition) is 3. The maximum Gasteiger partial charge on any atom is 0.234 e. The van der Waals surface area contributed by atoms with Crippen molar-refractivity contribution < 1.29 is 13.2 Å². The standard InChI is InChI=1S/C11H19NO3S/c1-10(2)8-4-5-11(10,9(13)6-8)7-15-16(14)12-3/h8,12H,4-7H2,1-3H3. The lowest BCUT2D eigenvalue weighted by Crippen LogP contribution is -2.41. The maximum atomic E-state index is 12.1. The van der Waals surface area contributed by atoms with Gasteiger partial charge in [-0.05, 0) is 31.2 Å². The Morgan fingerprint density at radius 2 is 2.25 bits per heavy atom. The summed E-state index contributed by atoms with van der Waals surface area (Å²) in [6.07, 6.45) is 2.64. The topological polar surface area (TPSA) is 55.4 Å². The Morgan fingerprint density at radius 1 is 1.56 bits per heavy atom. The summed E-state index contributed by atoms with van der Waals surface area (Å²) < 4.78 is 19.0. The summed E-state index contributed by atoms with van der Waals surface area (Å²) in [6, 6.07) is 0. The predicted molar refractivity (Wildman–Crippen MR) is 61.7 cm³/mol. The minimum Gasteiger partial charge on any atom is -0.299 e. The lowest BCUT2D eigenvalue weighted by molar-refractivity contribution is -0.131. The average molecular weight is 245 g/mol. The molecule has 0 aromatic rings. The molecule has 0 aromatic heterocycles. The van der Waals surface area contributed by atoms with Crippen molar-refractivity contribution in [3.05, 3.63) is 0 Å². The van der Waals surface area contributed by atoms with Crippen LogP contribution in [0.2, 0.25) is 0 Å². The van der Waals surface area contributed by atoms with Crippen molar-refractivity contribution in [1.82, 2.24) is 4.72 Å². The second-order valence-corrected chi connectivity index (χ2v) is 6.48. The van der Waals surface area contributed by atoms with Crippen molar-refractivity contribution in [1.29, 1.82) is 0 Å². The minimum atomic E-state index is -1.48. The van der Waals surface area contributed by atoms with Crippen LogP contribution < -0.4 is 4.72 Å². The van der Waals surface area contributed by atoms with E-state index in [1.165, 1.54) is 0 Å². The van der Waals surface area contributed by atoms with Crippen molar-refractivity contribution in [3.63, 3.8) is 0 Å². The van der Waals surface area contributed by atoms with Crippen LogP contribution in [-0.2, 0) is 20.2 Å². The Morgan fingerprint density at radius 3 is 2.69 bits per heavy atom. The highest BCUT2D eigenvalue weighted by Gasteiger charge is 2.64. The summed E-state index contributed by atoms with van der Waals surface area (Å²) in [4.78, 5) is 12.1. The number of carbonyl (C=O) groups excluding carboxylic acids is 1. The highest BCUT2D eigenvalue weighted by molar-refractivity contribution is 7.78. The van der Waals surface area contributed by atoms with Crippen LogP contribution in [0.3, 0.4) is 0 Å². The molecule has 2 saturated carbocycles. The fourth-order valence-corrected chi connectivity index (χ4v) is 3.75. The van der Waals surface area contributed by atoms with Gasteiger partial charge in [-0.1, -0.05) is 13.8 Å². The number of carbonyl (C=O) groups is 1. The normalized spacial score (nSPS) is 37.9. The molecular weight excluding hydrogens is 226 g/mol. The highest BCUT2D eigenvalue weighted by Crippen LogP contribution is 2.63. The fourth-order valence-electron chi connectivity index (χ4n) is 3.32. The van der Waals surface area contributed by atoms with Crippen LogP contribution >= 0.6 is 0 Å². The van der Waals surface area contributed by atoms with Gasteiger partial charge in [0.25, 0.3) is 0 Å². The Balaban J connectivity index is 2.16. The van der Waals surface area contributed by atoms with Crippen LogP contribution in [0, 0.1) is 16.7 Å². The zero-order valence-electron chi connectivity index (χ0n) is 10.0. The first-order chi connectivity index (χ1) is 7.44. The van der Waals surface area contributed by atoms with E-state index < -0.39 is 16.7 Å². The molecule has 2 rings (SSSR count). The molecule has 0 spiro atoms. The molecule has 0 aliphatic heterocycles. The average Bonchev–Trinajstić information content (AvgIpc) is 2.59. The summed E-state index contributed by atoms with van der Waals surface area (Å²) >= 11 is -1.48. The van der Waals surface area contributed by atoms with E-state index in [1.54, 1.807) is 7.05 Å². The summed E-state index contributed by atoms with van der Waals surface area (Å²) in [6.45, 7) is 4.56. The first-order valence-electron chi connectivity index (χ1n) is 5.70. The monoisotopic (exact) mass is 245 g/mol. The molecule has 0 radical (unpaired) electrons. The van der Waals surface area contributed by atoms with E-state index in [0.717, 1.165) is 12.8 Å². The quantitative estimate of drug-likeness (QED) is 0.809. The third-order valence-corrected chi connectivity index (χ3v) is 5.38. The van der Waals surface area contributed by atoms with Crippen molar-refractivity contribution in [2.24, 2.45) is 16.7 Å². The second kappa shape index (κ2) is 3.89. The molecule has 2 bridgehead atoms. The molecule has 4 nitrogen and oxygen atoms in total. The van der Waals surface area contributed by atoms with Crippen LogP contribution in [-0.4, -0.2) is 23.6 Å². The molecule has 2 aliphatic carbocycles. The fraction of sp³-hybridized carbons (Fsp3) is 0.909. The van der Waals surface area contributed by atoms with Gasteiger partial charge in [-0.3, -0.25) is 8.98 Å². The second-order valence-electron chi connectivity index (χ2n) is 5.37. The van der Waals surface area contributed by atoms with Gasteiger partial charge in [0.2, 0.25) is 11.3 Å². The van der Waals surface area contributed by atoms with Crippen molar-refractivity contribution in [2.45, 2.75) is 33.1 Å². The van der Waals surface area contributed by atoms with Crippen molar-refractivity contribution in [3.8, 4) is 0 Å². The summed E-state index contributed by atoms with van der Waals surface area (Å²) in [5.74, 6) is 0.772. The molecule has 0 aromatic carbocycles. The molecule has 5 heteroatoms. The van der Waals surface area contributed by atoms with E-state index >= 15 is 0 Å². The third kappa shape index (κ3) is 1.49. The van der Waals surface area contributed by atoms with E-state index in [4.69, 9.17) is 4.18 Å². The van der Waals surface area contributed by atoms with E-state index in [9.17, 15) is 9.00 Å². The first kappa shape index (κ1) is 12.2. The predicted octanol–water partition coefficient (Wildman–Crippen LogP) is 1.20. The van der Waals surface area contributed by atoms with E-state index in [1.807, 2.05) is 0 Å². The van der Waals surface area contributed by atoms with Gasteiger partial charge in [0.15, 0.2) is 0 Å². The Bertz CT molecular complexity index is 342. The molecule has 2 fully saturated rings. The molecular formula is C11H19NO3S. The molecule has 0 amide bonds. The number of hydrogen-bond donors (Lipinski definition) is 1. The number of ketones is 1. The largest absolute Gasteiger partial charge is 0.299 e. The van der Waals surface area contributed by atoms with Gasteiger partial charge < -0.3 is 0 Å². The summed E-state index contributed by atoms with van der Waals surface area (Å²) in [5.41, 5.74) is -0.411. The molecule has 3 unspecified atom stereocenters. The number of rotatable bonds is 4. The summed E-state index contributed by atoms with van der Waals surface area (Å²) in [5, 5.41) is 0. The van der Waals surface area contributed by atoms with Gasteiger partial charge in [-0.25, -0.2) is 8.93 Å². The minimum absolute atomic E-state index is 0.0119. The third-order valence-electron chi connectivity index (χ3n) is 4.72. The smallest absolute Gasteiger partial charge is 0.234 e. The lowest BCUT2D eigenvalue weighted by Gasteiger charge is -2.35. The van der Waals surface area contributed by atoms with Gasteiger partial charge in [0.05, 0.1) is 12.0 Å². The SMILES string of the molecule is CNS(=O)OCC12CCC(CC1=O)C2(C)C. The van der Waals surface area contributed by atoms with Gasteiger partial charge in [0.1, 0.15) is 5.78 Å². The van der Waals surface area contributed by atoms with Gasteiger partial charge in [-0.2, -0.15) is 0 Å². The van der Waals surface area contributed by atoms with E-state index in [2.05, 4.69) is 18.6 Å². The van der Waals surface area contributed by atoms with Crippen LogP contribution in [0.1, 0.15) is 33.1 Å². The molecule has 92 valence electrons. The van der Waals surface area contributed by atoms with E-state index in [-0.39, 0.29) is 12.0 Å². The Kier molecular flexibility index (Phi) is 2.97. The Hall–Kier alpha value is -0.260. The molecule has 3 atom stereocenters. The molecule has 0 saturated heterocycles. The van der Waals surface area contributed by atoms with Gasteiger partial charge in [0, 0.05) is 6.42 Å². The summed E-state index contributed by atoms with van der Waals surface area (Å²) in [7, 11) is 1.58. The molecule has 16 heavy (non-hydrogen) atoms. The number of Topliss-reactive ketones (excluding diaryl/α,β-unsaturated/α-hetero) is 1. The zero-order chi connectivity index (χ0) is 12.0. The van der Waals surface area contributed by atoms with Crippen molar-refractivity contribution in [2.75, 3.05) is 13.7 Å². The maximum absolute atomic E-state index is 12.1. The van der Waals surface area contributed by atoms with Crippen LogP contribution in [0.25, 0.3) is 0 Å². The van der Waals surface area contributed by atoms with Crippen LogP contribution in [0.4, 0.5) is 0 Å². The lowest BCUT2D eigenvalue weighted by atomic mass is 9.69. The molecule has 1 N–H and O–H groups in total. The first-order valence-corrected chi connectivity index (χ1v) is 6.77. The molecule has 0 heterocycles. The molecule has 2 aliphatic rings. The van der Waals surface area contributed by atoms with Gasteiger partial charge >= 0.3 is 0 Å². The van der Waals surface area contributed by atoms with Gasteiger partial charge in [-0.15, -0.1) is 0 Å². The van der Waals surface area contributed by atoms with Crippen molar-refractivity contribution >= 4 is 17.0 Å².